The highest BCUT2D eigenvalue weighted by Gasteiger charge is 2.14. The highest BCUT2D eigenvalue weighted by atomic mass is 16.5. The summed E-state index contributed by atoms with van der Waals surface area (Å²) in [6.07, 6.45) is 0. The average molecular weight is 277 g/mol. The zero-order valence-electron chi connectivity index (χ0n) is 11.3. The Balaban J connectivity index is 2.12. The van der Waals surface area contributed by atoms with E-state index in [-0.39, 0.29) is 0 Å². The molecule has 102 valence electrons. The number of para-hydroxylation sites is 1. The van der Waals surface area contributed by atoms with E-state index >= 15 is 0 Å². The minimum absolute atomic E-state index is 0.418. The molecule has 0 atom stereocenters. The molecule has 0 fully saturated rings. The van der Waals surface area contributed by atoms with Crippen LogP contribution < -0.4 is 0 Å². The molecule has 0 radical (unpaired) electrons. The predicted octanol–water partition coefficient (Wildman–Crippen LogP) is 2.89. The van der Waals surface area contributed by atoms with E-state index in [9.17, 15) is 4.79 Å². The monoisotopic (exact) mass is 277 g/mol. The lowest BCUT2D eigenvalue weighted by Gasteiger charge is -1.98. The Morgan fingerprint density at radius 2 is 2.00 bits per heavy atom. The van der Waals surface area contributed by atoms with Crippen LogP contribution in [-0.4, -0.2) is 23.0 Å². The third-order valence-electron chi connectivity index (χ3n) is 3.21. The summed E-state index contributed by atoms with van der Waals surface area (Å²) in [5.41, 5.74) is 3.19. The molecule has 0 bridgehead atoms. The average Bonchev–Trinajstić information content (AvgIpc) is 2.98. The van der Waals surface area contributed by atoms with Crippen LogP contribution in [0, 0.1) is 11.3 Å². The number of esters is 1. The van der Waals surface area contributed by atoms with E-state index in [0.29, 0.717) is 22.5 Å². The molecular formula is C16H11N3O2. The Kier molecular flexibility index (Phi) is 3.13. The van der Waals surface area contributed by atoms with Crippen LogP contribution in [0.4, 0.5) is 0 Å². The zero-order valence-corrected chi connectivity index (χ0v) is 11.3. The third-order valence-corrected chi connectivity index (χ3v) is 3.21. The lowest BCUT2D eigenvalue weighted by molar-refractivity contribution is 0.0603. The Bertz CT molecular complexity index is 857. The first kappa shape index (κ1) is 12.9. The van der Waals surface area contributed by atoms with Gasteiger partial charge in [0, 0.05) is 5.56 Å². The topological polar surface area (TPSA) is 78.8 Å². The summed E-state index contributed by atoms with van der Waals surface area (Å²) in [6.45, 7) is 0. The van der Waals surface area contributed by atoms with Crippen LogP contribution >= 0.6 is 0 Å². The quantitative estimate of drug-likeness (QED) is 0.730. The maximum atomic E-state index is 11.7. The van der Waals surface area contributed by atoms with Gasteiger partial charge in [-0.05, 0) is 36.4 Å². The Morgan fingerprint density at radius 1 is 1.24 bits per heavy atom. The molecule has 5 nitrogen and oxygen atoms in total. The standard InChI is InChI=1S/C16H11N3O2/c1-21-16(20)12-3-2-4-13-14(12)19-15(18-13)11-7-5-10(9-17)6-8-11/h2-8H,1H3,(H,18,19). The van der Waals surface area contributed by atoms with E-state index in [1.54, 1.807) is 24.3 Å². The number of methoxy groups -OCH3 is 1. The summed E-state index contributed by atoms with van der Waals surface area (Å²) < 4.78 is 4.76. The zero-order chi connectivity index (χ0) is 14.8. The fourth-order valence-electron chi connectivity index (χ4n) is 2.15. The number of benzene rings is 2. The van der Waals surface area contributed by atoms with Crippen LogP contribution in [0.25, 0.3) is 22.4 Å². The molecule has 0 aliphatic heterocycles. The number of imidazole rings is 1. The molecule has 3 rings (SSSR count). The molecular weight excluding hydrogens is 266 g/mol. The van der Waals surface area contributed by atoms with E-state index < -0.39 is 5.97 Å². The van der Waals surface area contributed by atoms with E-state index in [4.69, 9.17) is 10.00 Å². The summed E-state index contributed by atoms with van der Waals surface area (Å²) in [6, 6.07) is 14.5. The summed E-state index contributed by atoms with van der Waals surface area (Å²) in [5.74, 6) is 0.226. The molecule has 1 aromatic heterocycles. The lowest BCUT2D eigenvalue weighted by atomic mass is 10.1. The second-order valence-corrected chi connectivity index (χ2v) is 4.47. The molecule has 0 aliphatic rings. The molecule has 2 aromatic carbocycles. The number of aromatic amines is 1. The number of carbonyl (C=O) groups excluding carboxylic acids is 1. The Labute approximate surface area is 120 Å². The van der Waals surface area contributed by atoms with Crippen molar-refractivity contribution in [3.8, 4) is 17.5 Å². The number of fused-ring (bicyclic) bond motifs is 1. The number of hydrogen-bond acceptors (Lipinski definition) is 4. The van der Waals surface area contributed by atoms with E-state index in [1.165, 1.54) is 7.11 Å². The summed E-state index contributed by atoms with van der Waals surface area (Å²) in [4.78, 5) is 19.4. The fourth-order valence-corrected chi connectivity index (χ4v) is 2.15. The number of nitrogens with zero attached hydrogens (tertiary/aromatic N) is 2. The molecule has 0 amide bonds. The minimum Gasteiger partial charge on any atom is -0.465 e. The van der Waals surface area contributed by atoms with Crippen molar-refractivity contribution >= 4 is 17.0 Å². The van der Waals surface area contributed by atoms with E-state index in [0.717, 1.165) is 11.1 Å². The number of aromatic nitrogens is 2. The number of ether oxygens (including phenoxy) is 1. The van der Waals surface area contributed by atoms with Gasteiger partial charge in [0.1, 0.15) is 11.3 Å². The van der Waals surface area contributed by atoms with Crippen molar-refractivity contribution in [2.24, 2.45) is 0 Å². The fraction of sp³-hybridized carbons (Fsp3) is 0.0625. The first-order valence-electron chi connectivity index (χ1n) is 6.30. The molecule has 0 saturated carbocycles. The maximum absolute atomic E-state index is 11.7. The number of hydrogen-bond donors (Lipinski definition) is 1. The normalized spacial score (nSPS) is 10.3. The van der Waals surface area contributed by atoms with Gasteiger partial charge in [0.2, 0.25) is 0 Å². The molecule has 1 heterocycles. The smallest absolute Gasteiger partial charge is 0.340 e. The van der Waals surface area contributed by atoms with Gasteiger partial charge in [-0.3, -0.25) is 0 Å². The van der Waals surface area contributed by atoms with Crippen molar-refractivity contribution in [3.63, 3.8) is 0 Å². The van der Waals surface area contributed by atoms with Gasteiger partial charge in [-0.25, -0.2) is 9.78 Å². The van der Waals surface area contributed by atoms with Crippen molar-refractivity contribution in [1.82, 2.24) is 9.97 Å². The molecule has 1 N–H and O–H groups in total. The van der Waals surface area contributed by atoms with Crippen molar-refractivity contribution in [3.05, 3.63) is 53.6 Å². The van der Waals surface area contributed by atoms with Crippen LogP contribution in [0.15, 0.2) is 42.5 Å². The van der Waals surface area contributed by atoms with Crippen molar-refractivity contribution in [1.29, 1.82) is 5.26 Å². The number of H-pyrrole nitrogens is 1. The molecule has 0 spiro atoms. The summed E-state index contributed by atoms with van der Waals surface area (Å²) in [7, 11) is 1.34. The Morgan fingerprint density at radius 3 is 2.67 bits per heavy atom. The van der Waals surface area contributed by atoms with Crippen molar-refractivity contribution in [2.45, 2.75) is 0 Å². The van der Waals surface area contributed by atoms with E-state index in [2.05, 4.69) is 16.0 Å². The molecule has 5 heteroatoms. The van der Waals surface area contributed by atoms with Crippen LogP contribution in [0.2, 0.25) is 0 Å². The third kappa shape index (κ3) is 2.23. The molecule has 0 unspecified atom stereocenters. The minimum atomic E-state index is -0.418. The number of carbonyl (C=O) groups is 1. The van der Waals surface area contributed by atoms with Crippen LogP contribution in [0.3, 0.4) is 0 Å². The SMILES string of the molecule is COC(=O)c1cccc2[nH]c(-c3ccc(C#N)cc3)nc12. The highest BCUT2D eigenvalue weighted by Crippen LogP contribution is 2.23. The van der Waals surface area contributed by atoms with Gasteiger partial charge in [0.05, 0.1) is 29.8 Å². The van der Waals surface area contributed by atoms with Gasteiger partial charge in [0.25, 0.3) is 0 Å². The Hall–Kier alpha value is -3.13. The maximum Gasteiger partial charge on any atom is 0.340 e. The largest absolute Gasteiger partial charge is 0.465 e. The van der Waals surface area contributed by atoms with Gasteiger partial charge in [0.15, 0.2) is 0 Å². The predicted molar refractivity (Wildman–Crippen MR) is 77.6 cm³/mol. The highest BCUT2D eigenvalue weighted by molar-refractivity contribution is 6.02. The summed E-state index contributed by atoms with van der Waals surface area (Å²) in [5, 5.41) is 8.81. The van der Waals surface area contributed by atoms with Crippen molar-refractivity contribution < 1.29 is 9.53 Å². The van der Waals surface area contributed by atoms with Crippen LogP contribution in [0.5, 0.6) is 0 Å². The first-order valence-corrected chi connectivity index (χ1v) is 6.30. The second-order valence-electron chi connectivity index (χ2n) is 4.47. The van der Waals surface area contributed by atoms with Gasteiger partial charge >= 0.3 is 5.97 Å². The van der Waals surface area contributed by atoms with Crippen LogP contribution in [-0.2, 0) is 4.74 Å². The number of nitriles is 1. The van der Waals surface area contributed by atoms with Crippen molar-refractivity contribution in [2.75, 3.05) is 7.11 Å². The number of rotatable bonds is 2. The molecule has 0 saturated heterocycles. The molecule has 3 aromatic rings. The lowest BCUT2D eigenvalue weighted by Crippen LogP contribution is -2.01. The van der Waals surface area contributed by atoms with Gasteiger partial charge in [-0.15, -0.1) is 0 Å². The molecule has 21 heavy (non-hydrogen) atoms. The second kappa shape index (κ2) is 5.10. The first-order chi connectivity index (χ1) is 10.2. The summed E-state index contributed by atoms with van der Waals surface area (Å²) >= 11 is 0. The van der Waals surface area contributed by atoms with Gasteiger partial charge < -0.3 is 9.72 Å². The van der Waals surface area contributed by atoms with Gasteiger partial charge in [-0.1, -0.05) is 6.07 Å². The number of nitrogens with one attached hydrogen (secondary N) is 1. The van der Waals surface area contributed by atoms with E-state index in [1.807, 2.05) is 18.2 Å². The van der Waals surface area contributed by atoms with Crippen LogP contribution in [0.1, 0.15) is 15.9 Å². The molecule has 0 aliphatic carbocycles. The van der Waals surface area contributed by atoms with Gasteiger partial charge in [-0.2, -0.15) is 5.26 Å².